The van der Waals surface area contributed by atoms with E-state index in [-0.39, 0.29) is 11.8 Å². The van der Waals surface area contributed by atoms with Gasteiger partial charge in [-0.3, -0.25) is 4.79 Å². The molecule has 1 fully saturated rings. The molecular weight excluding hydrogens is 316 g/mol. The summed E-state index contributed by atoms with van der Waals surface area (Å²) in [6, 6.07) is 9.83. The van der Waals surface area contributed by atoms with Crippen molar-refractivity contribution in [3.63, 3.8) is 0 Å². The van der Waals surface area contributed by atoms with Crippen LogP contribution in [0.15, 0.2) is 36.5 Å². The van der Waals surface area contributed by atoms with Gasteiger partial charge in [0.05, 0.1) is 5.39 Å². The van der Waals surface area contributed by atoms with Crippen molar-refractivity contribution in [2.75, 3.05) is 17.7 Å². The van der Waals surface area contributed by atoms with Crippen LogP contribution in [0.3, 0.4) is 0 Å². The average molecular weight is 336 g/mol. The predicted octanol–water partition coefficient (Wildman–Crippen LogP) is 2.77. The van der Waals surface area contributed by atoms with Crippen LogP contribution in [0.25, 0.3) is 11.0 Å². The van der Waals surface area contributed by atoms with Crippen LogP contribution < -0.4 is 16.0 Å². The minimum atomic E-state index is 0.162. The number of anilines is 3. The van der Waals surface area contributed by atoms with Gasteiger partial charge in [0.2, 0.25) is 11.9 Å². The Balaban J connectivity index is 1.44. The number of nitrogens with zero attached hydrogens (tertiary/aromatic N) is 2. The van der Waals surface area contributed by atoms with Crippen LogP contribution in [0.5, 0.6) is 0 Å². The minimum absolute atomic E-state index is 0.162. The van der Waals surface area contributed by atoms with Crippen molar-refractivity contribution in [3.05, 3.63) is 42.1 Å². The van der Waals surface area contributed by atoms with Crippen LogP contribution in [-0.2, 0) is 11.3 Å². The molecule has 4 rings (SSSR count). The number of benzene rings is 1. The van der Waals surface area contributed by atoms with Gasteiger partial charge in [-0.2, -0.15) is 9.97 Å². The second-order valence-electron chi connectivity index (χ2n) is 6.20. The van der Waals surface area contributed by atoms with Gasteiger partial charge >= 0.3 is 0 Å². The third-order valence-electron chi connectivity index (χ3n) is 4.28. The van der Waals surface area contributed by atoms with Gasteiger partial charge in [-0.05, 0) is 36.6 Å². The van der Waals surface area contributed by atoms with Crippen LogP contribution in [0.4, 0.5) is 17.5 Å². The normalized spacial score (nSPS) is 13.6. The third kappa shape index (κ3) is 3.40. The Morgan fingerprint density at radius 2 is 2.00 bits per heavy atom. The maximum absolute atomic E-state index is 11.7. The van der Waals surface area contributed by atoms with Gasteiger partial charge in [-0.15, -0.1) is 0 Å². The highest BCUT2D eigenvalue weighted by atomic mass is 16.2. The van der Waals surface area contributed by atoms with E-state index < -0.39 is 0 Å². The van der Waals surface area contributed by atoms with Crippen molar-refractivity contribution >= 4 is 34.4 Å². The highest BCUT2D eigenvalue weighted by Gasteiger charge is 2.29. The fourth-order valence-electron chi connectivity index (χ4n) is 2.70. The van der Waals surface area contributed by atoms with Crippen LogP contribution in [-0.4, -0.2) is 27.9 Å². The first-order chi connectivity index (χ1) is 12.2. The van der Waals surface area contributed by atoms with E-state index in [1.165, 1.54) is 0 Å². The van der Waals surface area contributed by atoms with E-state index in [9.17, 15) is 4.79 Å². The second kappa shape index (κ2) is 6.43. The quantitative estimate of drug-likeness (QED) is 0.555. The van der Waals surface area contributed by atoms with Gasteiger partial charge in [-0.25, -0.2) is 0 Å². The number of carbonyl (C=O) groups is 1. The van der Waals surface area contributed by atoms with Crippen molar-refractivity contribution in [1.82, 2.24) is 20.3 Å². The summed E-state index contributed by atoms with van der Waals surface area (Å²) in [7, 11) is 1.84. The number of fused-ring (bicyclic) bond motifs is 1. The molecular formula is C18H20N6O. The molecule has 1 aromatic carbocycles. The Morgan fingerprint density at radius 1 is 1.20 bits per heavy atom. The average Bonchev–Trinajstić information content (AvgIpc) is 3.38. The number of H-pyrrole nitrogens is 1. The second-order valence-corrected chi connectivity index (χ2v) is 6.20. The molecule has 0 atom stereocenters. The number of hydrogen-bond donors (Lipinski definition) is 4. The van der Waals surface area contributed by atoms with E-state index in [0.29, 0.717) is 12.5 Å². The molecule has 1 aliphatic rings. The number of nitrogens with one attached hydrogen (secondary N) is 4. The maximum Gasteiger partial charge on any atom is 0.231 e. The Kier molecular flexibility index (Phi) is 3.97. The van der Waals surface area contributed by atoms with Gasteiger partial charge < -0.3 is 20.9 Å². The van der Waals surface area contributed by atoms with Crippen molar-refractivity contribution < 1.29 is 4.79 Å². The lowest BCUT2D eigenvalue weighted by Gasteiger charge is -2.09. The van der Waals surface area contributed by atoms with Gasteiger partial charge in [-0.1, -0.05) is 12.1 Å². The Hall–Kier alpha value is -3.09. The molecule has 7 nitrogen and oxygen atoms in total. The molecule has 25 heavy (non-hydrogen) atoms. The predicted molar refractivity (Wildman–Crippen MR) is 97.7 cm³/mol. The highest BCUT2D eigenvalue weighted by molar-refractivity contribution is 5.88. The zero-order chi connectivity index (χ0) is 17.2. The molecule has 2 aromatic heterocycles. The molecule has 0 saturated heterocycles. The molecule has 0 radical (unpaired) electrons. The third-order valence-corrected chi connectivity index (χ3v) is 4.28. The molecule has 2 heterocycles. The SMILES string of the molecule is CNc1nc(Nc2ccc(CNC(=O)C3CC3)cc2)nc2[nH]ccc12. The lowest BCUT2D eigenvalue weighted by atomic mass is 10.2. The molecule has 1 saturated carbocycles. The molecule has 0 unspecified atom stereocenters. The molecule has 4 N–H and O–H groups in total. The number of carbonyl (C=O) groups excluding carboxylic acids is 1. The number of aromatic nitrogens is 3. The fourth-order valence-corrected chi connectivity index (χ4v) is 2.70. The van der Waals surface area contributed by atoms with Gasteiger partial charge in [0.15, 0.2) is 0 Å². The summed E-state index contributed by atoms with van der Waals surface area (Å²) < 4.78 is 0. The summed E-state index contributed by atoms with van der Waals surface area (Å²) in [6.45, 7) is 0.560. The first-order valence-corrected chi connectivity index (χ1v) is 8.39. The monoisotopic (exact) mass is 336 g/mol. The van der Waals surface area contributed by atoms with Gasteiger partial charge in [0.1, 0.15) is 11.5 Å². The molecule has 7 heteroatoms. The number of rotatable bonds is 6. The van der Waals surface area contributed by atoms with E-state index in [2.05, 4.69) is 30.9 Å². The Labute approximate surface area is 145 Å². The lowest BCUT2D eigenvalue weighted by Crippen LogP contribution is -2.24. The van der Waals surface area contributed by atoms with E-state index >= 15 is 0 Å². The molecule has 0 bridgehead atoms. The number of aromatic amines is 1. The lowest BCUT2D eigenvalue weighted by molar-refractivity contribution is -0.122. The summed E-state index contributed by atoms with van der Waals surface area (Å²) >= 11 is 0. The standard InChI is InChI=1S/C18H20N6O/c1-19-15-14-8-9-20-16(14)24-18(23-15)22-13-6-2-11(3-7-13)10-21-17(25)12-4-5-12/h2-3,6-9,12H,4-5,10H2,1H3,(H,21,25)(H3,19,20,22,23,24). The number of hydrogen-bond acceptors (Lipinski definition) is 5. The summed E-state index contributed by atoms with van der Waals surface area (Å²) in [5.74, 6) is 1.69. The smallest absolute Gasteiger partial charge is 0.231 e. The largest absolute Gasteiger partial charge is 0.372 e. The molecule has 1 aliphatic carbocycles. The maximum atomic E-state index is 11.7. The van der Waals surface area contributed by atoms with E-state index in [1.807, 2.05) is 43.6 Å². The number of amides is 1. The Morgan fingerprint density at radius 3 is 2.72 bits per heavy atom. The van der Waals surface area contributed by atoms with E-state index in [0.717, 1.165) is 40.9 Å². The molecule has 0 aliphatic heterocycles. The summed E-state index contributed by atoms with van der Waals surface area (Å²) in [5, 5.41) is 10.2. The fraction of sp³-hybridized carbons (Fsp3) is 0.278. The molecule has 1 amide bonds. The zero-order valence-corrected chi connectivity index (χ0v) is 14.0. The highest BCUT2D eigenvalue weighted by Crippen LogP contribution is 2.28. The summed E-state index contributed by atoms with van der Waals surface area (Å²) in [4.78, 5) is 23.7. The molecule has 0 spiro atoms. The van der Waals surface area contributed by atoms with Crippen molar-refractivity contribution in [1.29, 1.82) is 0 Å². The first-order valence-electron chi connectivity index (χ1n) is 8.39. The van der Waals surface area contributed by atoms with Crippen molar-refractivity contribution in [2.45, 2.75) is 19.4 Å². The summed E-state index contributed by atoms with van der Waals surface area (Å²) in [6.07, 6.45) is 3.89. The van der Waals surface area contributed by atoms with Crippen LogP contribution in [0, 0.1) is 5.92 Å². The molecule has 3 aromatic rings. The first kappa shape index (κ1) is 15.4. The Bertz CT molecular complexity index is 898. The van der Waals surface area contributed by atoms with Crippen LogP contribution in [0.2, 0.25) is 0 Å². The minimum Gasteiger partial charge on any atom is -0.372 e. The van der Waals surface area contributed by atoms with Crippen molar-refractivity contribution in [3.8, 4) is 0 Å². The van der Waals surface area contributed by atoms with Gasteiger partial charge in [0, 0.05) is 31.4 Å². The van der Waals surface area contributed by atoms with Crippen LogP contribution in [0.1, 0.15) is 18.4 Å². The molecule has 128 valence electrons. The zero-order valence-electron chi connectivity index (χ0n) is 14.0. The van der Waals surface area contributed by atoms with Crippen molar-refractivity contribution in [2.24, 2.45) is 5.92 Å². The van der Waals surface area contributed by atoms with Crippen LogP contribution >= 0.6 is 0 Å². The van der Waals surface area contributed by atoms with Gasteiger partial charge in [0.25, 0.3) is 0 Å². The topological polar surface area (TPSA) is 94.7 Å². The summed E-state index contributed by atoms with van der Waals surface area (Å²) in [5.41, 5.74) is 2.74. The van der Waals surface area contributed by atoms with E-state index in [4.69, 9.17) is 0 Å². The van der Waals surface area contributed by atoms with E-state index in [1.54, 1.807) is 0 Å².